The van der Waals surface area contributed by atoms with Crippen molar-refractivity contribution in [3.63, 3.8) is 0 Å². The first-order valence-electron chi connectivity index (χ1n) is 16.6. The van der Waals surface area contributed by atoms with Crippen LogP contribution in [0.15, 0.2) is 36.4 Å². The van der Waals surface area contributed by atoms with Crippen LogP contribution in [-0.2, 0) is 34.0 Å². The van der Waals surface area contributed by atoms with Gasteiger partial charge in [0.05, 0.1) is 16.3 Å². The van der Waals surface area contributed by atoms with Crippen molar-refractivity contribution in [1.82, 2.24) is 15.1 Å². The second kappa shape index (κ2) is 9.99. The molecule has 3 amide bonds. The van der Waals surface area contributed by atoms with Crippen LogP contribution in [0.1, 0.15) is 68.7 Å². The van der Waals surface area contributed by atoms with Gasteiger partial charge < -0.3 is 15.0 Å². The normalized spacial score (nSPS) is 40.8. The summed E-state index contributed by atoms with van der Waals surface area (Å²) in [7, 11) is 0. The lowest BCUT2D eigenvalue weighted by atomic mass is 10.0. The second-order valence-electron chi connectivity index (χ2n) is 8.41. The molecule has 8 nitrogen and oxygen atoms in total. The molecule has 0 aromatic heterocycles. The fraction of sp³-hybridized carbons (Fsp3) is 0.444. The van der Waals surface area contributed by atoms with Gasteiger partial charge in [-0.15, -0.1) is 0 Å². The number of anilines is 1. The lowest BCUT2D eigenvalue weighted by molar-refractivity contribution is -0.136. The van der Waals surface area contributed by atoms with E-state index in [-0.39, 0.29) is 34.5 Å². The average Bonchev–Trinajstić information content (AvgIpc) is 3.30. The van der Waals surface area contributed by atoms with Gasteiger partial charge in [0.15, 0.2) is 0 Å². The van der Waals surface area contributed by atoms with Crippen molar-refractivity contribution >= 4 is 23.4 Å². The zero-order chi connectivity index (χ0) is 35.3. The maximum Gasteiger partial charge on any atom is 0.255 e. The monoisotopic (exact) mass is 505 g/mol. The topological polar surface area (TPSA) is 91.0 Å². The highest BCUT2D eigenvalue weighted by molar-refractivity contribution is 6.06. The zero-order valence-corrected chi connectivity index (χ0v) is 19.5. The SMILES string of the molecule is [2H]C1(C)OC([2H])(C)C([2H])([2H])N(Cc2ccc(F)c(CNc3cccc4c3CN(C3([2H])C(=O)NC(=O)C([2H])([2H])C3([2H])[2H])C4=O)c2)C1([2H])[2H]. The number of hydrogen-bond donors (Lipinski definition) is 2. The smallest absolute Gasteiger partial charge is 0.255 e. The Kier molecular flexibility index (Phi) is 4.01. The molecule has 2 aromatic carbocycles. The van der Waals surface area contributed by atoms with Crippen LogP contribution in [0.25, 0.3) is 0 Å². The Morgan fingerprint density at radius 3 is 2.75 bits per heavy atom. The van der Waals surface area contributed by atoms with E-state index < -0.39 is 80.5 Å². The minimum Gasteiger partial charge on any atom is -0.381 e. The maximum absolute atomic E-state index is 15.0. The molecule has 0 spiro atoms. The minimum atomic E-state index is -3.45. The molecule has 3 aliphatic rings. The predicted octanol–water partition coefficient (Wildman–Crippen LogP) is 2.81. The Balaban J connectivity index is 1.41. The number of benzene rings is 2. The van der Waals surface area contributed by atoms with Crippen LogP contribution in [-0.4, -0.2) is 58.7 Å². The Morgan fingerprint density at radius 1 is 1.19 bits per heavy atom. The van der Waals surface area contributed by atoms with Crippen molar-refractivity contribution in [2.24, 2.45) is 0 Å². The number of amides is 3. The van der Waals surface area contributed by atoms with Crippen LogP contribution >= 0.6 is 0 Å². The lowest BCUT2D eigenvalue weighted by Crippen LogP contribution is -2.52. The lowest BCUT2D eigenvalue weighted by Gasteiger charge is -2.35. The highest BCUT2D eigenvalue weighted by Gasteiger charge is 2.39. The number of rotatable bonds is 6. The number of ether oxygens (including phenoxy) is 1. The van der Waals surface area contributed by atoms with Crippen molar-refractivity contribution in [1.29, 1.82) is 0 Å². The zero-order valence-electron chi connectivity index (χ0n) is 30.5. The minimum absolute atomic E-state index is 0.0320. The van der Waals surface area contributed by atoms with Crippen LogP contribution in [0.3, 0.4) is 0 Å². The largest absolute Gasteiger partial charge is 0.381 e. The third-order valence-corrected chi connectivity index (χ3v) is 5.79. The van der Waals surface area contributed by atoms with Crippen LogP contribution in [0.2, 0.25) is 0 Å². The van der Waals surface area contributed by atoms with E-state index in [1.165, 1.54) is 30.3 Å². The van der Waals surface area contributed by atoms with E-state index in [4.69, 9.17) is 19.8 Å². The van der Waals surface area contributed by atoms with E-state index in [2.05, 4.69) is 5.32 Å². The molecule has 190 valence electrons. The number of carbonyl (C=O) groups is 3. The summed E-state index contributed by atoms with van der Waals surface area (Å²) in [6.45, 7) is -4.48. The third-order valence-electron chi connectivity index (χ3n) is 5.79. The summed E-state index contributed by atoms with van der Waals surface area (Å²) < 4.78 is 112. The molecule has 0 radical (unpaired) electrons. The molecule has 3 heterocycles. The van der Waals surface area contributed by atoms with Crippen LogP contribution in [0, 0.1) is 5.82 Å². The van der Waals surface area contributed by atoms with Crippen LogP contribution in [0.5, 0.6) is 0 Å². The van der Waals surface area contributed by atoms with Gasteiger partial charge in [0, 0.05) is 72.3 Å². The molecule has 0 bridgehead atoms. The number of morpholine rings is 1. The quantitative estimate of drug-likeness (QED) is 0.587. The summed E-state index contributed by atoms with van der Waals surface area (Å²) in [5, 5.41) is 4.61. The molecule has 3 unspecified atom stereocenters. The highest BCUT2D eigenvalue weighted by atomic mass is 19.1. The molecule has 36 heavy (non-hydrogen) atoms. The average molecular weight is 506 g/mol. The molecule has 2 saturated heterocycles. The first-order chi connectivity index (χ1) is 21.3. The Labute approximate surface area is 225 Å². The van der Waals surface area contributed by atoms with E-state index in [0.717, 1.165) is 19.9 Å². The number of imide groups is 1. The Bertz CT molecular complexity index is 1660. The van der Waals surface area contributed by atoms with Gasteiger partial charge in [-0.2, -0.15) is 0 Å². The summed E-state index contributed by atoms with van der Waals surface area (Å²) in [5.74, 6) is -4.75. The van der Waals surface area contributed by atoms with E-state index >= 15 is 4.39 Å². The van der Waals surface area contributed by atoms with Gasteiger partial charge >= 0.3 is 0 Å². The molecular formula is C27H31FN4O4. The highest BCUT2D eigenvalue weighted by Crippen LogP contribution is 2.32. The molecule has 9 heteroatoms. The molecule has 2 aromatic rings. The molecule has 3 aliphatic heterocycles. The number of hydrogen-bond acceptors (Lipinski definition) is 6. The Hall–Kier alpha value is -3.30. The van der Waals surface area contributed by atoms with E-state index in [9.17, 15) is 14.4 Å². The molecule has 3 atom stereocenters. The van der Waals surface area contributed by atoms with Crippen LogP contribution in [0.4, 0.5) is 10.1 Å². The number of piperidine rings is 1. The van der Waals surface area contributed by atoms with Gasteiger partial charge in [-0.25, -0.2) is 4.39 Å². The van der Waals surface area contributed by atoms with Crippen molar-refractivity contribution in [3.05, 3.63) is 64.5 Å². The van der Waals surface area contributed by atoms with E-state index in [0.29, 0.717) is 9.80 Å². The summed E-state index contributed by atoms with van der Waals surface area (Å²) in [5.41, 5.74) is 0.670. The fourth-order valence-electron chi connectivity index (χ4n) is 4.23. The summed E-state index contributed by atoms with van der Waals surface area (Å²) in [6.07, 6.45) is -11.4. The number of nitrogens with one attached hydrogen (secondary N) is 2. The van der Waals surface area contributed by atoms with Gasteiger partial charge in [-0.3, -0.25) is 24.6 Å². The van der Waals surface area contributed by atoms with Gasteiger partial charge in [0.25, 0.3) is 5.91 Å². The van der Waals surface area contributed by atoms with Gasteiger partial charge in [0.2, 0.25) is 11.8 Å². The van der Waals surface area contributed by atoms with E-state index in [1.54, 1.807) is 5.32 Å². The molecule has 2 N–H and O–H groups in total. The van der Waals surface area contributed by atoms with Crippen LogP contribution < -0.4 is 10.6 Å². The maximum atomic E-state index is 15.0. The first-order valence-corrected chi connectivity index (χ1v) is 11.1. The number of fused-ring (bicyclic) bond motifs is 1. The molecule has 2 fully saturated rings. The molecule has 0 saturated carbocycles. The molecule has 5 rings (SSSR count). The van der Waals surface area contributed by atoms with Gasteiger partial charge in [-0.05, 0) is 50.0 Å². The predicted molar refractivity (Wildman–Crippen MR) is 131 cm³/mol. The van der Waals surface area contributed by atoms with Gasteiger partial charge in [-0.1, -0.05) is 12.1 Å². The van der Waals surface area contributed by atoms with Crippen molar-refractivity contribution < 1.29 is 38.6 Å². The summed E-state index contributed by atoms with van der Waals surface area (Å²) in [6, 6.07) is 4.87. The summed E-state index contributed by atoms with van der Waals surface area (Å²) >= 11 is 0. The number of carbonyl (C=O) groups excluding carboxylic acids is 3. The number of halogens is 1. The van der Waals surface area contributed by atoms with Crippen molar-refractivity contribution in [2.75, 3.05) is 18.3 Å². The molecule has 0 aliphatic carbocycles. The standard InChI is InChI=1S/C27H31FN4O4/c1-16-12-31(13-17(2)36-16)14-18-6-7-22(28)19(10-18)11-29-23-5-3-4-20-21(23)15-32(27(20)35)24-8-9-25(33)30-26(24)34/h3-7,10,16-17,24,29H,8-9,11-15H2,1-2H3,(H,30,33,34)/i8D2,9D2,12D2,13D2,16D,17D,24D. The van der Waals surface area contributed by atoms with Gasteiger partial charge in [0.1, 0.15) is 11.8 Å². The van der Waals surface area contributed by atoms with Crippen molar-refractivity contribution in [2.45, 2.75) is 64.4 Å². The van der Waals surface area contributed by atoms with Crippen molar-refractivity contribution in [3.8, 4) is 0 Å². The summed E-state index contributed by atoms with van der Waals surface area (Å²) in [4.78, 5) is 39.5. The fourth-order valence-corrected chi connectivity index (χ4v) is 4.23. The third kappa shape index (κ3) is 4.99. The first kappa shape index (κ1) is 14.4. The van der Waals surface area contributed by atoms with E-state index in [1.807, 2.05) is 0 Å². The Morgan fingerprint density at radius 2 is 1.97 bits per heavy atom. The molecular weight excluding hydrogens is 463 g/mol. The number of nitrogens with zero attached hydrogens (tertiary/aromatic N) is 2. The second-order valence-corrected chi connectivity index (χ2v) is 8.41.